The van der Waals surface area contributed by atoms with Crippen molar-refractivity contribution >= 4 is 11.4 Å². The summed E-state index contributed by atoms with van der Waals surface area (Å²) in [6.45, 7) is 2.49. The maximum Gasteiger partial charge on any atom is 0.167 e. The van der Waals surface area contributed by atoms with Crippen LogP contribution in [0.3, 0.4) is 0 Å². The Kier molecular flexibility index (Phi) is 3.85. The highest BCUT2D eigenvalue weighted by Crippen LogP contribution is 2.28. The van der Waals surface area contributed by atoms with Crippen molar-refractivity contribution in [3.63, 3.8) is 0 Å². The van der Waals surface area contributed by atoms with Crippen LogP contribution in [0.5, 0.6) is 5.75 Å². The quantitative estimate of drug-likeness (QED) is 0.831. The Hall–Kier alpha value is -2.30. The number of methoxy groups -OCH3 is 1. The molecule has 0 saturated carbocycles. The van der Waals surface area contributed by atoms with Crippen LogP contribution in [-0.2, 0) is 6.54 Å². The summed E-state index contributed by atoms with van der Waals surface area (Å²) in [5.74, 6) is -0.304. The van der Waals surface area contributed by atoms with Crippen molar-refractivity contribution < 1.29 is 9.13 Å². The summed E-state index contributed by atoms with van der Waals surface area (Å²) in [5, 5.41) is 3.14. The molecule has 2 aromatic rings. The van der Waals surface area contributed by atoms with Crippen LogP contribution in [0.15, 0.2) is 30.5 Å². The summed E-state index contributed by atoms with van der Waals surface area (Å²) in [4.78, 5) is 4.21. The molecule has 0 amide bonds. The molecule has 0 aliphatic rings. The number of rotatable bonds is 4. The topological polar surface area (TPSA) is 60.2 Å². The van der Waals surface area contributed by atoms with Gasteiger partial charge in [0, 0.05) is 30.6 Å². The summed E-state index contributed by atoms with van der Waals surface area (Å²) in [6.07, 6.45) is 1.79. The third kappa shape index (κ3) is 3.13. The molecule has 0 spiro atoms. The second kappa shape index (κ2) is 5.56. The smallest absolute Gasteiger partial charge is 0.167 e. The highest BCUT2D eigenvalue weighted by atomic mass is 19.1. The normalized spacial score (nSPS) is 10.3. The number of anilines is 2. The number of nitrogens with one attached hydrogen (secondary N) is 1. The van der Waals surface area contributed by atoms with Crippen molar-refractivity contribution in [3.8, 4) is 5.75 Å². The fraction of sp³-hybridized carbons (Fsp3) is 0.214. The molecule has 0 radical (unpaired) electrons. The minimum Gasteiger partial charge on any atom is -0.494 e. The lowest BCUT2D eigenvalue weighted by molar-refractivity contribution is 0.387. The van der Waals surface area contributed by atoms with Gasteiger partial charge in [0.05, 0.1) is 18.5 Å². The fourth-order valence-corrected chi connectivity index (χ4v) is 1.68. The standard InChI is InChI=1S/C14H16FN3O/c1-9-3-4-10(7-17-9)8-18-13-6-14(19-2)11(15)5-12(13)16/h3-7,18H,8,16H2,1-2H3. The van der Waals surface area contributed by atoms with Crippen molar-refractivity contribution in [2.75, 3.05) is 18.2 Å². The van der Waals surface area contributed by atoms with Gasteiger partial charge in [-0.3, -0.25) is 4.98 Å². The Morgan fingerprint density at radius 1 is 1.37 bits per heavy atom. The first-order valence-electron chi connectivity index (χ1n) is 5.88. The number of hydrogen-bond donors (Lipinski definition) is 2. The minimum absolute atomic E-state index is 0.165. The summed E-state index contributed by atoms with van der Waals surface area (Å²) < 4.78 is 18.3. The van der Waals surface area contributed by atoms with E-state index in [1.54, 1.807) is 12.3 Å². The van der Waals surface area contributed by atoms with E-state index in [0.29, 0.717) is 17.9 Å². The average Bonchev–Trinajstić information content (AvgIpc) is 2.40. The number of pyridine rings is 1. The Labute approximate surface area is 111 Å². The van der Waals surface area contributed by atoms with Crippen molar-refractivity contribution in [2.45, 2.75) is 13.5 Å². The van der Waals surface area contributed by atoms with Crippen molar-refractivity contribution in [3.05, 3.63) is 47.5 Å². The van der Waals surface area contributed by atoms with E-state index in [1.807, 2.05) is 19.1 Å². The summed E-state index contributed by atoms with van der Waals surface area (Å²) in [6, 6.07) is 6.71. The van der Waals surface area contributed by atoms with E-state index in [-0.39, 0.29) is 5.75 Å². The lowest BCUT2D eigenvalue weighted by Gasteiger charge is -2.11. The van der Waals surface area contributed by atoms with Crippen molar-refractivity contribution in [1.82, 2.24) is 4.98 Å². The van der Waals surface area contributed by atoms with Crippen LogP contribution >= 0.6 is 0 Å². The summed E-state index contributed by atoms with van der Waals surface area (Å²) in [7, 11) is 1.42. The first kappa shape index (κ1) is 13.1. The largest absolute Gasteiger partial charge is 0.494 e. The van der Waals surface area contributed by atoms with Gasteiger partial charge in [-0.05, 0) is 18.6 Å². The molecule has 2 rings (SSSR count). The second-order valence-electron chi connectivity index (χ2n) is 4.24. The number of hydrogen-bond acceptors (Lipinski definition) is 4. The van der Waals surface area contributed by atoms with E-state index in [9.17, 15) is 4.39 Å². The van der Waals surface area contributed by atoms with Gasteiger partial charge in [0.2, 0.25) is 0 Å². The number of aromatic nitrogens is 1. The van der Waals surface area contributed by atoms with E-state index in [0.717, 1.165) is 11.3 Å². The monoisotopic (exact) mass is 261 g/mol. The van der Waals surface area contributed by atoms with Gasteiger partial charge < -0.3 is 15.8 Å². The van der Waals surface area contributed by atoms with Crippen molar-refractivity contribution in [2.24, 2.45) is 0 Å². The molecule has 0 saturated heterocycles. The molecule has 0 fully saturated rings. The highest BCUT2D eigenvalue weighted by Gasteiger charge is 2.08. The number of nitrogens with two attached hydrogens (primary N) is 1. The van der Waals surface area contributed by atoms with Crippen LogP contribution in [0.25, 0.3) is 0 Å². The molecule has 1 aromatic carbocycles. The zero-order valence-corrected chi connectivity index (χ0v) is 10.9. The molecule has 0 aliphatic carbocycles. The number of ether oxygens (including phenoxy) is 1. The van der Waals surface area contributed by atoms with Crippen molar-refractivity contribution in [1.29, 1.82) is 0 Å². The predicted molar refractivity (Wildman–Crippen MR) is 73.7 cm³/mol. The highest BCUT2D eigenvalue weighted by molar-refractivity contribution is 5.68. The zero-order valence-electron chi connectivity index (χ0n) is 10.9. The molecule has 100 valence electrons. The second-order valence-corrected chi connectivity index (χ2v) is 4.24. The number of nitrogen functional groups attached to an aromatic ring is 1. The molecule has 4 nitrogen and oxygen atoms in total. The molecule has 19 heavy (non-hydrogen) atoms. The Bertz CT molecular complexity index is 570. The van der Waals surface area contributed by atoms with Gasteiger partial charge in [-0.15, -0.1) is 0 Å². The lowest BCUT2D eigenvalue weighted by Crippen LogP contribution is -2.04. The van der Waals surface area contributed by atoms with Gasteiger partial charge in [0.1, 0.15) is 0 Å². The minimum atomic E-state index is -0.470. The maximum absolute atomic E-state index is 13.4. The maximum atomic E-state index is 13.4. The molecule has 0 bridgehead atoms. The Morgan fingerprint density at radius 2 is 2.16 bits per heavy atom. The van der Waals surface area contributed by atoms with Gasteiger partial charge >= 0.3 is 0 Å². The van der Waals surface area contributed by atoms with E-state index in [4.69, 9.17) is 10.5 Å². The molecule has 1 heterocycles. The van der Waals surface area contributed by atoms with Gasteiger partial charge in [0.15, 0.2) is 11.6 Å². The molecule has 5 heteroatoms. The van der Waals surface area contributed by atoms with Gasteiger partial charge in [-0.2, -0.15) is 0 Å². The number of benzene rings is 1. The molecule has 0 unspecified atom stereocenters. The fourth-order valence-electron chi connectivity index (χ4n) is 1.68. The van der Waals surface area contributed by atoms with Crippen LogP contribution in [0.2, 0.25) is 0 Å². The molecule has 0 atom stereocenters. The lowest BCUT2D eigenvalue weighted by atomic mass is 10.2. The van der Waals surface area contributed by atoms with Gasteiger partial charge in [-0.25, -0.2) is 4.39 Å². The van der Waals surface area contributed by atoms with Crippen LogP contribution in [-0.4, -0.2) is 12.1 Å². The molecule has 1 aromatic heterocycles. The third-order valence-electron chi connectivity index (χ3n) is 2.78. The van der Waals surface area contributed by atoms with Crippen LogP contribution in [0.4, 0.5) is 15.8 Å². The first-order valence-corrected chi connectivity index (χ1v) is 5.88. The average molecular weight is 261 g/mol. The Balaban J connectivity index is 2.13. The summed E-state index contributed by atoms with van der Waals surface area (Å²) in [5.41, 5.74) is 8.73. The SMILES string of the molecule is COc1cc(NCc2ccc(C)nc2)c(N)cc1F. The number of halogens is 1. The zero-order chi connectivity index (χ0) is 13.8. The van der Waals surface area contributed by atoms with E-state index >= 15 is 0 Å². The predicted octanol–water partition coefficient (Wildman–Crippen LogP) is 2.73. The van der Waals surface area contributed by atoms with E-state index in [1.165, 1.54) is 13.2 Å². The van der Waals surface area contributed by atoms with E-state index < -0.39 is 5.82 Å². The third-order valence-corrected chi connectivity index (χ3v) is 2.78. The number of aryl methyl sites for hydroxylation is 1. The molecular formula is C14H16FN3O. The van der Waals surface area contributed by atoms with Crippen LogP contribution < -0.4 is 15.8 Å². The molecular weight excluding hydrogens is 245 g/mol. The van der Waals surface area contributed by atoms with Crippen LogP contribution in [0, 0.1) is 12.7 Å². The van der Waals surface area contributed by atoms with E-state index in [2.05, 4.69) is 10.3 Å². The Morgan fingerprint density at radius 3 is 2.79 bits per heavy atom. The first-order chi connectivity index (χ1) is 9.10. The summed E-state index contributed by atoms with van der Waals surface area (Å²) >= 11 is 0. The molecule has 0 aliphatic heterocycles. The number of nitrogens with zero attached hydrogens (tertiary/aromatic N) is 1. The van der Waals surface area contributed by atoms with Gasteiger partial charge in [-0.1, -0.05) is 6.07 Å². The molecule has 3 N–H and O–H groups in total. The van der Waals surface area contributed by atoms with Crippen LogP contribution in [0.1, 0.15) is 11.3 Å². The van der Waals surface area contributed by atoms with Gasteiger partial charge in [0.25, 0.3) is 0 Å².